The van der Waals surface area contributed by atoms with Crippen LogP contribution < -0.4 is 5.32 Å². The lowest BCUT2D eigenvalue weighted by molar-refractivity contribution is -0.129. The highest BCUT2D eigenvalue weighted by Crippen LogP contribution is 2.08. The van der Waals surface area contributed by atoms with Gasteiger partial charge in [-0.2, -0.15) is 0 Å². The normalized spacial score (nSPS) is 11.6. The zero-order valence-corrected chi connectivity index (χ0v) is 13.2. The fourth-order valence-corrected chi connectivity index (χ4v) is 1.96. The van der Waals surface area contributed by atoms with E-state index in [0.29, 0.717) is 11.1 Å². The lowest BCUT2D eigenvalue weighted by Gasteiger charge is -2.13. The number of carbonyl (C=O) groups is 2. The SMILES string of the molecule is C[C@H](OC(=O)c1ccc(CO)cc1)C(=O)NCc1ccc(F)cc1. The van der Waals surface area contributed by atoms with Gasteiger partial charge >= 0.3 is 5.97 Å². The molecule has 1 atom stereocenters. The van der Waals surface area contributed by atoms with Crippen molar-refractivity contribution in [2.24, 2.45) is 0 Å². The van der Waals surface area contributed by atoms with Crippen LogP contribution in [0.5, 0.6) is 0 Å². The molecule has 0 aliphatic carbocycles. The highest BCUT2D eigenvalue weighted by molar-refractivity contribution is 5.92. The van der Waals surface area contributed by atoms with Gasteiger partial charge in [-0.25, -0.2) is 9.18 Å². The summed E-state index contributed by atoms with van der Waals surface area (Å²) in [6, 6.07) is 12.0. The summed E-state index contributed by atoms with van der Waals surface area (Å²) < 4.78 is 17.9. The molecule has 0 radical (unpaired) electrons. The summed E-state index contributed by atoms with van der Waals surface area (Å²) in [5, 5.41) is 11.6. The molecule has 6 heteroatoms. The van der Waals surface area contributed by atoms with E-state index < -0.39 is 18.0 Å². The molecule has 2 aromatic carbocycles. The van der Waals surface area contributed by atoms with Gasteiger partial charge in [0.25, 0.3) is 5.91 Å². The number of nitrogens with one attached hydrogen (secondary N) is 1. The molecule has 0 aliphatic rings. The number of ether oxygens (including phenoxy) is 1. The van der Waals surface area contributed by atoms with Crippen molar-refractivity contribution in [1.82, 2.24) is 5.32 Å². The molecule has 24 heavy (non-hydrogen) atoms. The number of aliphatic hydroxyl groups excluding tert-OH is 1. The average molecular weight is 331 g/mol. The minimum atomic E-state index is -0.963. The first kappa shape index (κ1) is 17.6. The molecule has 0 unspecified atom stereocenters. The van der Waals surface area contributed by atoms with Crippen LogP contribution in [0.1, 0.15) is 28.4 Å². The Kier molecular flexibility index (Phi) is 6.03. The first-order valence-electron chi connectivity index (χ1n) is 7.42. The van der Waals surface area contributed by atoms with Crippen LogP contribution >= 0.6 is 0 Å². The number of halogens is 1. The van der Waals surface area contributed by atoms with E-state index in [4.69, 9.17) is 9.84 Å². The van der Waals surface area contributed by atoms with Crippen LogP contribution in [0.2, 0.25) is 0 Å². The number of aliphatic hydroxyl groups is 1. The summed E-state index contributed by atoms with van der Waals surface area (Å²) in [4.78, 5) is 23.9. The molecule has 2 N–H and O–H groups in total. The van der Waals surface area contributed by atoms with Gasteiger partial charge in [-0.3, -0.25) is 4.79 Å². The third-order valence-electron chi connectivity index (χ3n) is 3.41. The van der Waals surface area contributed by atoms with Crippen molar-refractivity contribution in [2.75, 3.05) is 0 Å². The summed E-state index contributed by atoms with van der Waals surface area (Å²) in [6.45, 7) is 1.57. The minimum Gasteiger partial charge on any atom is -0.449 e. The predicted molar refractivity (Wildman–Crippen MR) is 85.5 cm³/mol. The number of carbonyl (C=O) groups excluding carboxylic acids is 2. The third-order valence-corrected chi connectivity index (χ3v) is 3.41. The Balaban J connectivity index is 1.85. The van der Waals surface area contributed by atoms with Crippen LogP contribution in [0.25, 0.3) is 0 Å². The molecule has 0 fully saturated rings. The maximum atomic E-state index is 12.8. The van der Waals surface area contributed by atoms with Crippen molar-refractivity contribution in [3.63, 3.8) is 0 Å². The fraction of sp³-hybridized carbons (Fsp3) is 0.222. The molecule has 2 rings (SSSR count). The number of rotatable bonds is 6. The highest BCUT2D eigenvalue weighted by Gasteiger charge is 2.18. The van der Waals surface area contributed by atoms with Crippen molar-refractivity contribution < 1.29 is 23.8 Å². The van der Waals surface area contributed by atoms with Crippen LogP contribution in [0.3, 0.4) is 0 Å². The fourth-order valence-electron chi connectivity index (χ4n) is 1.96. The average Bonchev–Trinajstić information content (AvgIpc) is 2.60. The van der Waals surface area contributed by atoms with E-state index in [1.807, 2.05) is 0 Å². The van der Waals surface area contributed by atoms with Gasteiger partial charge in [0.05, 0.1) is 12.2 Å². The van der Waals surface area contributed by atoms with Gasteiger partial charge in [0.2, 0.25) is 0 Å². The van der Waals surface area contributed by atoms with Crippen molar-refractivity contribution >= 4 is 11.9 Å². The molecule has 126 valence electrons. The number of amides is 1. The molecule has 2 aromatic rings. The van der Waals surface area contributed by atoms with E-state index >= 15 is 0 Å². The smallest absolute Gasteiger partial charge is 0.338 e. The van der Waals surface area contributed by atoms with E-state index in [2.05, 4.69) is 5.32 Å². The van der Waals surface area contributed by atoms with Gasteiger partial charge in [-0.15, -0.1) is 0 Å². The van der Waals surface area contributed by atoms with Crippen LogP contribution in [0, 0.1) is 5.82 Å². The van der Waals surface area contributed by atoms with E-state index in [0.717, 1.165) is 5.56 Å². The molecule has 0 aromatic heterocycles. The van der Waals surface area contributed by atoms with Gasteiger partial charge in [0, 0.05) is 6.54 Å². The molecule has 0 spiro atoms. The molecular weight excluding hydrogens is 313 g/mol. The molecule has 0 heterocycles. The van der Waals surface area contributed by atoms with Gasteiger partial charge in [0.1, 0.15) is 5.82 Å². The maximum absolute atomic E-state index is 12.8. The summed E-state index contributed by atoms with van der Waals surface area (Å²) in [7, 11) is 0. The molecule has 0 saturated carbocycles. The predicted octanol–water partition coefficient (Wildman–Crippen LogP) is 2.18. The molecule has 0 aliphatic heterocycles. The van der Waals surface area contributed by atoms with Crippen molar-refractivity contribution in [2.45, 2.75) is 26.2 Å². The van der Waals surface area contributed by atoms with E-state index in [1.165, 1.54) is 31.2 Å². The first-order chi connectivity index (χ1) is 11.5. The Bertz CT molecular complexity index is 698. The summed E-state index contributed by atoms with van der Waals surface area (Å²) >= 11 is 0. The molecule has 0 bridgehead atoms. The summed E-state index contributed by atoms with van der Waals surface area (Å²) in [5.74, 6) is -1.41. The van der Waals surface area contributed by atoms with E-state index in [1.54, 1.807) is 24.3 Å². The van der Waals surface area contributed by atoms with Gasteiger partial charge < -0.3 is 15.2 Å². The Morgan fingerprint density at radius 2 is 1.67 bits per heavy atom. The highest BCUT2D eigenvalue weighted by atomic mass is 19.1. The lowest BCUT2D eigenvalue weighted by atomic mass is 10.1. The number of hydrogen-bond acceptors (Lipinski definition) is 4. The van der Waals surface area contributed by atoms with Gasteiger partial charge in [-0.1, -0.05) is 24.3 Å². The lowest BCUT2D eigenvalue weighted by Crippen LogP contribution is -2.35. The summed E-state index contributed by atoms with van der Waals surface area (Å²) in [5.41, 5.74) is 1.71. The zero-order valence-electron chi connectivity index (χ0n) is 13.2. The number of esters is 1. The van der Waals surface area contributed by atoms with Gasteiger partial charge in [-0.05, 0) is 42.3 Å². The van der Waals surface area contributed by atoms with Crippen LogP contribution in [0.15, 0.2) is 48.5 Å². The second-order valence-electron chi connectivity index (χ2n) is 5.25. The largest absolute Gasteiger partial charge is 0.449 e. The maximum Gasteiger partial charge on any atom is 0.338 e. The number of benzene rings is 2. The van der Waals surface area contributed by atoms with Gasteiger partial charge in [0.15, 0.2) is 6.10 Å². The number of hydrogen-bond donors (Lipinski definition) is 2. The Morgan fingerprint density at radius 3 is 2.25 bits per heavy atom. The summed E-state index contributed by atoms with van der Waals surface area (Å²) in [6.07, 6.45) is -0.963. The third kappa shape index (κ3) is 4.89. The molecular formula is C18H18FNO4. The Hall–Kier alpha value is -2.73. The second kappa shape index (κ2) is 8.21. The van der Waals surface area contributed by atoms with Crippen LogP contribution in [0.4, 0.5) is 4.39 Å². The zero-order chi connectivity index (χ0) is 17.5. The standard InChI is InChI=1S/C18H18FNO4/c1-12(17(22)20-10-13-4-8-16(19)9-5-13)24-18(23)15-6-2-14(11-21)3-7-15/h2-9,12,21H,10-11H2,1H3,(H,20,22)/t12-/m0/s1. The topological polar surface area (TPSA) is 75.6 Å². The van der Waals surface area contributed by atoms with Crippen molar-refractivity contribution in [1.29, 1.82) is 0 Å². The molecule has 1 amide bonds. The quantitative estimate of drug-likeness (QED) is 0.796. The van der Waals surface area contributed by atoms with Crippen LogP contribution in [-0.4, -0.2) is 23.1 Å². The second-order valence-corrected chi connectivity index (χ2v) is 5.25. The first-order valence-corrected chi connectivity index (χ1v) is 7.42. The van der Waals surface area contributed by atoms with Crippen LogP contribution in [-0.2, 0) is 22.7 Å². The molecule has 5 nitrogen and oxygen atoms in total. The monoisotopic (exact) mass is 331 g/mol. The molecule has 0 saturated heterocycles. The van der Waals surface area contributed by atoms with E-state index in [9.17, 15) is 14.0 Å². The van der Waals surface area contributed by atoms with E-state index in [-0.39, 0.29) is 19.0 Å². The minimum absolute atomic E-state index is 0.114. The van der Waals surface area contributed by atoms with Crippen molar-refractivity contribution in [3.8, 4) is 0 Å². The Morgan fingerprint density at radius 1 is 1.08 bits per heavy atom. The Labute approximate surface area is 139 Å². The van der Waals surface area contributed by atoms with Crippen molar-refractivity contribution in [3.05, 3.63) is 71.0 Å².